The Morgan fingerprint density at radius 2 is 1.86 bits per heavy atom. The number of carbonyl (C=O) groups is 1. The van der Waals surface area contributed by atoms with Crippen LogP contribution in [-0.2, 0) is 5.41 Å². The van der Waals surface area contributed by atoms with E-state index in [-0.39, 0.29) is 22.6 Å². The summed E-state index contributed by atoms with van der Waals surface area (Å²) in [6, 6.07) is 10.2. The lowest BCUT2D eigenvalue weighted by Crippen LogP contribution is -2.18. The molecule has 7 heteroatoms. The fourth-order valence-corrected chi connectivity index (χ4v) is 3.02. The van der Waals surface area contributed by atoms with Gasteiger partial charge in [-0.15, -0.1) is 0 Å². The molecule has 3 aromatic rings. The van der Waals surface area contributed by atoms with E-state index in [1.54, 1.807) is 37.4 Å². The van der Waals surface area contributed by atoms with Crippen LogP contribution in [0.25, 0.3) is 11.3 Å². The van der Waals surface area contributed by atoms with E-state index < -0.39 is 0 Å². The van der Waals surface area contributed by atoms with Crippen LogP contribution in [0.4, 0.5) is 11.4 Å². The third-order valence-electron chi connectivity index (χ3n) is 4.50. The number of hydrogen-bond acceptors (Lipinski definition) is 5. The number of nitrogens with two attached hydrogens (primary N) is 1. The van der Waals surface area contributed by atoms with E-state index in [2.05, 4.69) is 15.3 Å². The van der Waals surface area contributed by atoms with Gasteiger partial charge in [0.2, 0.25) is 0 Å². The fourth-order valence-electron chi connectivity index (χ4n) is 3.02. The maximum atomic E-state index is 12.8. The summed E-state index contributed by atoms with van der Waals surface area (Å²) in [5, 5.41) is 2.89. The standard InChI is InChI=1S/C22H24N4O3/c1-22(2,3)16-11-14(18-21(28)25-10-9-24-18)12-17(19(16)29-4)26-20(27)13-5-7-15(23)8-6-13/h5-12H,23H2,1-4H3,(H,25,28)(H,26,27). The summed E-state index contributed by atoms with van der Waals surface area (Å²) in [6.45, 7) is 6.09. The van der Waals surface area contributed by atoms with E-state index in [0.717, 1.165) is 5.56 Å². The highest BCUT2D eigenvalue weighted by Gasteiger charge is 2.24. The topological polar surface area (TPSA) is 110 Å². The van der Waals surface area contributed by atoms with Crippen molar-refractivity contribution in [2.75, 3.05) is 18.2 Å². The van der Waals surface area contributed by atoms with Gasteiger partial charge in [0.05, 0.1) is 12.8 Å². The number of rotatable bonds is 4. The van der Waals surface area contributed by atoms with Crippen LogP contribution >= 0.6 is 0 Å². The molecule has 0 unspecified atom stereocenters. The quantitative estimate of drug-likeness (QED) is 0.588. The number of methoxy groups -OCH3 is 1. The summed E-state index contributed by atoms with van der Waals surface area (Å²) in [5.41, 5.74) is 8.28. The fraction of sp³-hybridized carbons (Fsp3) is 0.227. The number of H-pyrrole nitrogens is 1. The number of carbonyl (C=O) groups excluding carboxylic acids is 1. The first-order valence-electron chi connectivity index (χ1n) is 9.14. The number of anilines is 2. The van der Waals surface area contributed by atoms with Crippen molar-refractivity contribution in [1.29, 1.82) is 0 Å². The van der Waals surface area contributed by atoms with Gasteiger partial charge in [-0.25, -0.2) is 4.98 Å². The Kier molecular flexibility index (Phi) is 5.41. The lowest BCUT2D eigenvalue weighted by molar-refractivity contribution is 0.102. The summed E-state index contributed by atoms with van der Waals surface area (Å²) in [6.07, 6.45) is 2.99. The molecule has 0 aliphatic carbocycles. The van der Waals surface area contributed by atoms with Crippen molar-refractivity contribution in [2.45, 2.75) is 26.2 Å². The normalized spacial score (nSPS) is 11.2. The van der Waals surface area contributed by atoms with Crippen LogP contribution < -0.4 is 21.3 Å². The Hall–Kier alpha value is -3.61. The maximum Gasteiger partial charge on any atom is 0.274 e. The Morgan fingerprint density at radius 1 is 1.17 bits per heavy atom. The summed E-state index contributed by atoms with van der Waals surface area (Å²) in [7, 11) is 1.55. The zero-order chi connectivity index (χ0) is 21.2. The van der Waals surface area contributed by atoms with Gasteiger partial charge in [0.1, 0.15) is 11.4 Å². The first-order chi connectivity index (χ1) is 13.7. The highest BCUT2D eigenvalue weighted by molar-refractivity contribution is 6.05. The zero-order valence-electron chi connectivity index (χ0n) is 16.9. The predicted octanol–water partition coefficient (Wildman–Crippen LogP) is 3.58. The Bertz CT molecular complexity index is 1100. The molecule has 1 amide bonds. The lowest BCUT2D eigenvalue weighted by atomic mass is 9.84. The van der Waals surface area contributed by atoms with E-state index in [1.165, 1.54) is 12.4 Å². The van der Waals surface area contributed by atoms with Gasteiger partial charge in [0, 0.05) is 34.8 Å². The average Bonchev–Trinajstić information content (AvgIpc) is 2.67. The number of aromatic nitrogens is 2. The number of ether oxygens (including phenoxy) is 1. The molecule has 2 aromatic carbocycles. The number of amides is 1. The van der Waals surface area contributed by atoms with E-state index in [9.17, 15) is 9.59 Å². The summed E-state index contributed by atoms with van der Waals surface area (Å²) in [4.78, 5) is 31.9. The van der Waals surface area contributed by atoms with Crippen molar-refractivity contribution >= 4 is 17.3 Å². The van der Waals surface area contributed by atoms with Crippen molar-refractivity contribution < 1.29 is 9.53 Å². The van der Waals surface area contributed by atoms with Gasteiger partial charge in [-0.05, 0) is 41.8 Å². The van der Waals surface area contributed by atoms with Crippen LogP contribution in [0.15, 0.2) is 53.6 Å². The number of hydrogen-bond donors (Lipinski definition) is 3. The molecule has 3 rings (SSSR count). The number of nitrogens with zero attached hydrogens (tertiary/aromatic N) is 1. The predicted molar refractivity (Wildman–Crippen MR) is 114 cm³/mol. The molecule has 1 aromatic heterocycles. The Labute approximate surface area is 169 Å². The minimum Gasteiger partial charge on any atom is -0.494 e. The third-order valence-corrected chi connectivity index (χ3v) is 4.50. The first-order valence-corrected chi connectivity index (χ1v) is 9.14. The summed E-state index contributed by atoms with van der Waals surface area (Å²) < 4.78 is 5.64. The smallest absolute Gasteiger partial charge is 0.274 e. The molecule has 0 aliphatic heterocycles. The van der Waals surface area contributed by atoms with E-state index >= 15 is 0 Å². The molecule has 150 valence electrons. The van der Waals surface area contributed by atoms with Crippen LogP contribution in [0.2, 0.25) is 0 Å². The third kappa shape index (κ3) is 4.29. The van der Waals surface area contributed by atoms with Crippen molar-refractivity contribution in [1.82, 2.24) is 9.97 Å². The van der Waals surface area contributed by atoms with Crippen LogP contribution in [0.5, 0.6) is 5.75 Å². The molecular weight excluding hydrogens is 368 g/mol. The summed E-state index contributed by atoms with van der Waals surface area (Å²) >= 11 is 0. The van der Waals surface area contributed by atoms with E-state index in [4.69, 9.17) is 10.5 Å². The number of nitrogen functional groups attached to an aromatic ring is 1. The second-order valence-corrected chi connectivity index (χ2v) is 7.70. The van der Waals surface area contributed by atoms with Crippen molar-refractivity contribution in [3.63, 3.8) is 0 Å². The van der Waals surface area contributed by atoms with Crippen LogP contribution in [0, 0.1) is 0 Å². The van der Waals surface area contributed by atoms with E-state index in [0.29, 0.717) is 28.3 Å². The molecule has 4 N–H and O–H groups in total. The van der Waals surface area contributed by atoms with Crippen LogP contribution in [-0.4, -0.2) is 23.0 Å². The van der Waals surface area contributed by atoms with Gasteiger partial charge in [0.15, 0.2) is 0 Å². The Balaban J connectivity index is 2.15. The molecule has 0 saturated heterocycles. The minimum absolute atomic E-state index is 0.267. The van der Waals surface area contributed by atoms with Crippen molar-refractivity contribution in [3.05, 3.63) is 70.3 Å². The van der Waals surface area contributed by atoms with Crippen LogP contribution in [0.1, 0.15) is 36.7 Å². The maximum absolute atomic E-state index is 12.8. The molecule has 29 heavy (non-hydrogen) atoms. The highest BCUT2D eigenvalue weighted by atomic mass is 16.5. The highest BCUT2D eigenvalue weighted by Crippen LogP contribution is 2.40. The average molecular weight is 392 g/mol. The molecule has 0 saturated carbocycles. The molecule has 0 spiro atoms. The molecule has 7 nitrogen and oxygen atoms in total. The Morgan fingerprint density at radius 3 is 2.45 bits per heavy atom. The largest absolute Gasteiger partial charge is 0.494 e. The minimum atomic E-state index is -0.312. The lowest BCUT2D eigenvalue weighted by Gasteiger charge is -2.25. The molecule has 0 atom stereocenters. The van der Waals surface area contributed by atoms with Gasteiger partial charge in [-0.2, -0.15) is 0 Å². The van der Waals surface area contributed by atoms with Gasteiger partial charge in [-0.3, -0.25) is 9.59 Å². The van der Waals surface area contributed by atoms with Gasteiger partial charge >= 0.3 is 0 Å². The van der Waals surface area contributed by atoms with Crippen LogP contribution in [0.3, 0.4) is 0 Å². The molecule has 0 radical (unpaired) electrons. The van der Waals surface area contributed by atoms with E-state index in [1.807, 2.05) is 26.8 Å². The van der Waals surface area contributed by atoms with Crippen molar-refractivity contribution in [3.8, 4) is 17.0 Å². The monoisotopic (exact) mass is 392 g/mol. The zero-order valence-corrected chi connectivity index (χ0v) is 16.9. The number of benzene rings is 2. The summed E-state index contributed by atoms with van der Waals surface area (Å²) in [5.74, 6) is 0.229. The van der Waals surface area contributed by atoms with Gasteiger partial charge in [0.25, 0.3) is 11.5 Å². The molecule has 1 heterocycles. The molecular formula is C22H24N4O3. The second kappa shape index (κ2) is 7.79. The molecule has 0 fully saturated rings. The number of aromatic amines is 1. The first kappa shape index (κ1) is 20.1. The van der Waals surface area contributed by atoms with Gasteiger partial charge in [-0.1, -0.05) is 20.8 Å². The molecule has 0 aliphatic rings. The number of nitrogens with one attached hydrogen (secondary N) is 2. The van der Waals surface area contributed by atoms with Gasteiger partial charge < -0.3 is 20.8 Å². The van der Waals surface area contributed by atoms with Crippen molar-refractivity contribution in [2.24, 2.45) is 0 Å². The SMILES string of the molecule is COc1c(NC(=O)c2ccc(N)cc2)cc(-c2ncc[nH]c2=O)cc1C(C)(C)C. The second-order valence-electron chi connectivity index (χ2n) is 7.70. The molecule has 0 bridgehead atoms.